The van der Waals surface area contributed by atoms with Gasteiger partial charge in [-0.25, -0.2) is 4.79 Å². The molecule has 19 heavy (non-hydrogen) atoms. The molecule has 1 aromatic rings. The highest BCUT2D eigenvalue weighted by atomic mass is 16.4. The van der Waals surface area contributed by atoms with E-state index in [4.69, 9.17) is 10.2 Å². The smallest absolute Gasteiger partial charge is 0.335 e. The van der Waals surface area contributed by atoms with Crippen LogP contribution < -0.4 is 4.90 Å². The number of carbonyl (C=O) groups excluding carboxylic acids is 1. The average Bonchev–Trinajstić information content (AvgIpc) is 2.38. The zero-order valence-corrected chi connectivity index (χ0v) is 10.5. The lowest BCUT2D eigenvalue weighted by molar-refractivity contribution is -0.136. The van der Waals surface area contributed by atoms with Crippen molar-refractivity contribution in [1.82, 2.24) is 0 Å². The number of aromatic carboxylic acids is 1. The van der Waals surface area contributed by atoms with Crippen LogP contribution in [0.3, 0.4) is 0 Å². The van der Waals surface area contributed by atoms with E-state index in [2.05, 4.69) is 0 Å². The van der Waals surface area contributed by atoms with E-state index < -0.39 is 11.9 Å². The molecule has 0 aromatic heterocycles. The van der Waals surface area contributed by atoms with Crippen molar-refractivity contribution < 1.29 is 24.6 Å². The van der Waals surface area contributed by atoms with E-state index in [1.807, 2.05) is 0 Å². The third kappa shape index (κ3) is 4.09. The van der Waals surface area contributed by atoms with Gasteiger partial charge >= 0.3 is 11.9 Å². The van der Waals surface area contributed by atoms with Gasteiger partial charge in [-0.1, -0.05) is 6.92 Å². The Hall–Kier alpha value is -2.37. The zero-order chi connectivity index (χ0) is 14.4. The van der Waals surface area contributed by atoms with Crippen LogP contribution in [-0.4, -0.2) is 34.6 Å². The lowest BCUT2D eigenvalue weighted by Gasteiger charge is -2.21. The highest BCUT2D eigenvalue weighted by Crippen LogP contribution is 2.17. The largest absolute Gasteiger partial charge is 0.481 e. The minimum absolute atomic E-state index is 0.0639. The second-order valence-corrected chi connectivity index (χ2v) is 3.89. The summed E-state index contributed by atoms with van der Waals surface area (Å²) in [6.45, 7) is 1.75. The van der Waals surface area contributed by atoms with Gasteiger partial charge in [-0.3, -0.25) is 9.59 Å². The molecule has 0 radical (unpaired) electrons. The lowest BCUT2D eigenvalue weighted by atomic mass is 10.2. The summed E-state index contributed by atoms with van der Waals surface area (Å²) in [4.78, 5) is 34.4. The Balaban J connectivity index is 2.93. The van der Waals surface area contributed by atoms with Gasteiger partial charge in [0.25, 0.3) is 0 Å². The topological polar surface area (TPSA) is 94.9 Å². The Morgan fingerprint density at radius 1 is 1.11 bits per heavy atom. The Bertz CT molecular complexity index is 480. The van der Waals surface area contributed by atoms with Crippen LogP contribution in [0.2, 0.25) is 0 Å². The van der Waals surface area contributed by atoms with Crippen LogP contribution in [0.1, 0.15) is 30.1 Å². The van der Waals surface area contributed by atoms with Crippen molar-refractivity contribution in [3.8, 4) is 0 Å². The number of carbonyl (C=O) groups is 3. The van der Waals surface area contributed by atoms with Crippen LogP contribution in [0.5, 0.6) is 0 Å². The minimum atomic E-state index is -1.05. The summed E-state index contributed by atoms with van der Waals surface area (Å²) in [6.07, 6.45) is 0.0900. The van der Waals surface area contributed by atoms with E-state index in [0.717, 1.165) is 0 Å². The summed E-state index contributed by atoms with van der Waals surface area (Å²) in [5, 5.41) is 17.5. The summed E-state index contributed by atoms with van der Waals surface area (Å²) in [5.41, 5.74) is 0.615. The van der Waals surface area contributed by atoms with E-state index in [0.29, 0.717) is 5.69 Å². The lowest BCUT2D eigenvalue weighted by Crippen LogP contribution is -2.32. The quantitative estimate of drug-likeness (QED) is 0.814. The third-order valence-electron chi connectivity index (χ3n) is 2.58. The first kappa shape index (κ1) is 14.7. The summed E-state index contributed by atoms with van der Waals surface area (Å²) in [7, 11) is 0. The zero-order valence-electron chi connectivity index (χ0n) is 10.5. The van der Waals surface area contributed by atoms with Gasteiger partial charge in [-0.05, 0) is 24.3 Å². The highest BCUT2D eigenvalue weighted by Gasteiger charge is 2.15. The van der Waals surface area contributed by atoms with Gasteiger partial charge in [-0.15, -0.1) is 0 Å². The first-order chi connectivity index (χ1) is 8.95. The normalized spacial score (nSPS) is 9.95. The molecule has 0 unspecified atom stereocenters. The summed E-state index contributed by atoms with van der Waals surface area (Å²) < 4.78 is 0. The number of anilines is 1. The molecule has 0 atom stereocenters. The number of hydrogen-bond acceptors (Lipinski definition) is 3. The highest BCUT2D eigenvalue weighted by molar-refractivity contribution is 5.94. The van der Waals surface area contributed by atoms with Crippen molar-refractivity contribution in [3.63, 3.8) is 0 Å². The van der Waals surface area contributed by atoms with Crippen LogP contribution in [-0.2, 0) is 9.59 Å². The molecule has 6 heteroatoms. The predicted molar refractivity (Wildman–Crippen MR) is 68.3 cm³/mol. The second kappa shape index (κ2) is 6.53. The van der Waals surface area contributed by atoms with Gasteiger partial charge in [0.2, 0.25) is 5.91 Å². The summed E-state index contributed by atoms with van der Waals surface area (Å²) >= 11 is 0. The van der Waals surface area contributed by atoms with Crippen LogP contribution in [0, 0.1) is 0 Å². The predicted octanol–water partition coefficient (Wildman–Crippen LogP) is 1.60. The maximum Gasteiger partial charge on any atom is 0.335 e. The first-order valence-electron chi connectivity index (χ1n) is 5.81. The van der Waals surface area contributed by atoms with Crippen molar-refractivity contribution in [2.45, 2.75) is 19.8 Å². The molecule has 0 saturated heterocycles. The molecule has 0 saturated carbocycles. The van der Waals surface area contributed by atoms with E-state index in [1.54, 1.807) is 6.92 Å². The van der Waals surface area contributed by atoms with Crippen molar-refractivity contribution in [1.29, 1.82) is 0 Å². The summed E-state index contributed by atoms with van der Waals surface area (Å²) in [5.74, 6) is -2.24. The van der Waals surface area contributed by atoms with E-state index in [-0.39, 0.29) is 30.9 Å². The number of aliphatic carboxylic acids is 1. The molecule has 102 valence electrons. The number of nitrogens with zero attached hydrogens (tertiary/aromatic N) is 1. The number of benzene rings is 1. The third-order valence-corrected chi connectivity index (χ3v) is 2.58. The van der Waals surface area contributed by atoms with Crippen LogP contribution in [0.15, 0.2) is 24.3 Å². The van der Waals surface area contributed by atoms with Gasteiger partial charge < -0.3 is 15.1 Å². The Morgan fingerprint density at radius 2 is 1.68 bits per heavy atom. The van der Waals surface area contributed by atoms with Crippen molar-refractivity contribution in [2.24, 2.45) is 0 Å². The molecular formula is C13H15NO5. The number of carboxylic acid groups (broad SMARTS) is 2. The van der Waals surface area contributed by atoms with Crippen LogP contribution in [0.4, 0.5) is 5.69 Å². The monoisotopic (exact) mass is 265 g/mol. The molecule has 0 heterocycles. The molecule has 1 aromatic carbocycles. The Morgan fingerprint density at radius 3 is 2.11 bits per heavy atom. The number of hydrogen-bond donors (Lipinski definition) is 2. The summed E-state index contributed by atoms with van der Waals surface area (Å²) in [6, 6.07) is 5.76. The van der Waals surface area contributed by atoms with Crippen molar-refractivity contribution in [2.75, 3.05) is 11.4 Å². The van der Waals surface area contributed by atoms with Gasteiger partial charge in [0, 0.05) is 18.7 Å². The van der Waals surface area contributed by atoms with E-state index >= 15 is 0 Å². The minimum Gasteiger partial charge on any atom is -0.481 e. The molecule has 0 fully saturated rings. The molecule has 1 rings (SSSR count). The fourth-order valence-corrected chi connectivity index (χ4v) is 1.58. The molecule has 0 spiro atoms. The van der Waals surface area contributed by atoms with Gasteiger partial charge in [0.1, 0.15) is 0 Å². The Kier molecular flexibility index (Phi) is 5.05. The maximum atomic E-state index is 11.8. The maximum absolute atomic E-state index is 11.8. The number of carboxylic acids is 2. The van der Waals surface area contributed by atoms with Gasteiger partial charge in [-0.2, -0.15) is 0 Å². The molecule has 0 bridgehead atoms. The van der Waals surface area contributed by atoms with Crippen LogP contribution >= 0.6 is 0 Å². The van der Waals surface area contributed by atoms with Crippen molar-refractivity contribution in [3.05, 3.63) is 29.8 Å². The molecule has 1 amide bonds. The fraction of sp³-hybridized carbons (Fsp3) is 0.308. The number of amides is 1. The SMILES string of the molecule is CCC(=O)N(CCC(=O)O)c1ccc(C(=O)O)cc1. The van der Waals surface area contributed by atoms with Gasteiger partial charge in [0.15, 0.2) is 0 Å². The van der Waals surface area contributed by atoms with Crippen LogP contribution in [0.25, 0.3) is 0 Å². The molecule has 2 N–H and O–H groups in total. The molecule has 6 nitrogen and oxygen atoms in total. The van der Waals surface area contributed by atoms with E-state index in [1.165, 1.54) is 29.2 Å². The molecule has 0 aliphatic heterocycles. The van der Waals surface area contributed by atoms with E-state index in [9.17, 15) is 14.4 Å². The molecule has 0 aliphatic carbocycles. The molecule has 0 aliphatic rings. The average molecular weight is 265 g/mol. The van der Waals surface area contributed by atoms with Crippen molar-refractivity contribution >= 4 is 23.5 Å². The second-order valence-electron chi connectivity index (χ2n) is 3.89. The standard InChI is InChI=1S/C13H15NO5/c1-2-11(15)14(8-7-12(16)17)10-5-3-9(4-6-10)13(18)19/h3-6H,2,7-8H2,1H3,(H,16,17)(H,18,19). The molecular weight excluding hydrogens is 250 g/mol. The first-order valence-corrected chi connectivity index (χ1v) is 5.81. The Labute approximate surface area is 110 Å². The fourth-order valence-electron chi connectivity index (χ4n) is 1.58. The number of rotatable bonds is 6. The van der Waals surface area contributed by atoms with Gasteiger partial charge in [0.05, 0.1) is 12.0 Å².